The molecule has 145 heavy (non-hydrogen) atoms. The Bertz CT molecular complexity index is 5490. The third-order valence-electron chi connectivity index (χ3n) is 15.7. The SMILES string of the molecule is C.C.C.CCI.CCO.CCOC(=O)c1c(Cl)ccc(Cl)c1C.CCOC(=O)c1c(Cl)ccc(Cl)c1CBr.CCOC(=O)c1c(Cl)ccc(Cl)c1CC#N.Cc1c(Cl)ccc(Cl)c1C(=O)O.Cc1c(Cl)cccc1C(=O)O.Cc1cc(C)c(CCl)c(OCc2ccccc2)n1.ClC(Cl)(Cl)Cl.O=C1NCCc2c(Cl)cc(Br)c(Cl)c21.O=C1NCCc2c(Cl)ccc(Cl)c21.O=CO[O-].[2H]CF.[2H]CF.[2H]CF.[B]=NS.[C-]#N.[Cs+].[Cs+].[H-].[Na+]. The largest absolute Gasteiger partial charge is 1.00 e. The van der Waals surface area contributed by atoms with Crippen LogP contribution in [0.4, 0.5) is 13.2 Å². The number of fused-ring (bicyclic) bond motifs is 2. The Labute approximate surface area is 1120 Å². The molecule has 8 aromatic carbocycles. The van der Waals surface area contributed by atoms with Gasteiger partial charge in [-0.2, -0.15) is 5.26 Å². The molecule has 0 aliphatic carbocycles. The van der Waals surface area contributed by atoms with Crippen LogP contribution in [0.3, 0.4) is 0 Å². The van der Waals surface area contributed by atoms with Gasteiger partial charge in [0.25, 0.3) is 21.5 Å². The summed E-state index contributed by atoms with van der Waals surface area (Å²) >= 11 is 114. The number of aliphatic hydroxyl groups excluding tert-OH is 1. The minimum atomic E-state index is -1.61. The molecule has 2 aliphatic rings. The van der Waals surface area contributed by atoms with Crippen LogP contribution in [0.1, 0.15) is 196 Å². The number of ether oxygens (including phenoxy) is 4. The van der Waals surface area contributed by atoms with Crippen LogP contribution >= 0.6 is 276 Å². The molecule has 52 heteroatoms. The maximum absolute atomic E-state index is 11.6. The van der Waals surface area contributed by atoms with E-state index >= 15 is 0 Å². The molecule has 0 spiro atoms. The van der Waals surface area contributed by atoms with Crippen molar-refractivity contribution >= 4 is 332 Å². The first-order valence-electron chi connectivity index (χ1n) is 40.4. The van der Waals surface area contributed by atoms with E-state index < -0.39 is 54.6 Å². The number of pyridine rings is 1. The molecule has 1 aromatic heterocycles. The van der Waals surface area contributed by atoms with E-state index in [1.807, 2.05) is 56.3 Å². The summed E-state index contributed by atoms with van der Waals surface area (Å²) in [6.45, 7) is 25.5. The number of nitriles is 1. The van der Waals surface area contributed by atoms with Gasteiger partial charge in [-0.3, -0.25) is 27.6 Å². The van der Waals surface area contributed by atoms with Gasteiger partial charge in [-0.05, 0) is 225 Å². The van der Waals surface area contributed by atoms with E-state index in [-0.39, 0.29) is 256 Å². The van der Waals surface area contributed by atoms with Gasteiger partial charge in [-0.1, -0.05) is 301 Å². The predicted molar refractivity (Wildman–Crippen MR) is 597 cm³/mol. The summed E-state index contributed by atoms with van der Waals surface area (Å²) in [6, 6.07) is 36.5. The van der Waals surface area contributed by atoms with Crippen LogP contribution < -0.4 is 188 Å². The fraction of sp³-hybridized carbons (Fsp3) is 0.323. The molecule has 0 saturated heterocycles. The number of hydrogen-bond donors (Lipinski definition) is 6. The zero-order valence-corrected chi connectivity index (χ0v) is 112. The number of carboxylic acid groups (broad SMARTS) is 2. The summed E-state index contributed by atoms with van der Waals surface area (Å²) in [5, 5.41) is 59.7. The standard InChI is InChI=1S/C15H16ClNO.C11H9Cl2NO2.C10H9BrCl2O2.C10H10Cl2O2.C9H6BrCl2NO.C9H7Cl2NO.C8H6Cl2O2.C8H7ClO2.C2H5I.C2H6O.CCl4.3CH3F.CN.CH2O3.3CH4.BHNS.2Cs.Na.H/c1-11-8-12(2)17-15(14(11)9-16)18-10-13-6-4-3-5-7-13;1-2-16-11(15)10-7(5-6-14)8(12)3-4-9(10)13;1-2-15-10(14)9-6(5-11)7(12)3-4-8(9)13;1-3-14-10(13)9-6(2)7(11)4-5-8(9)12;10-5-3-6(11)4-1-2-13-9(14)7(4)8(5)12;10-6-1-2-7(11)8-5(6)3-4-12-9(8)13;1-4-5(9)2-3-6(10)7(4)8(11)12;1-5-6(8(10)11)3-2-4-7(5)9;2*1-2-3;2-1(3,4)5;4*1-2;2-1-4-3;;;;1-2-3;;;;/h3-8H,9-10H2,1-2H3;3-4H,2,5H2,1H3;3-4H,2,5H2,1H3;4-5H,3H2,1-2H3;3H,1-2H2,(H,13,14);1-2H,3-4H2,(H,12,13);2-3H,1H3,(H,11,12);2-4H,1H3,(H,10,11);2H2,1H3;3H,2H2,1H3;;3*1H3;;1,3H;3*1H4;3H;;;;/q;;;;;;;;;;;;;;-1;;;;;;3*+1;-1/p-1/i;;;;;;;;;;;3*1D;;;;;;;;;;. The molecular formula is C93H105BBr2Cl18Cs2F3IN6NaO17S. The van der Waals surface area contributed by atoms with Crippen molar-refractivity contribution in [1.82, 2.24) is 15.6 Å². The van der Waals surface area contributed by atoms with Crippen molar-refractivity contribution in [2.45, 2.75) is 132 Å². The third kappa shape index (κ3) is 68.6. The number of aromatic carboxylic acids is 2. The number of amides is 2. The summed E-state index contributed by atoms with van der Waals surface area (Å²) in [6.07, 6.45) is 1.50. The maximum Gasteiger partial charge on any atom is 1.00 e. The van der Waals surface area contributed by atoms with Crippen molar-refractivity contribution in [3.8, 4) is 11.9 Å². The van der Waals surface area contributed by atoms with Gasteiger partial charge in [0.2, 0.25) is 5.88 Å². The van der Waals surface area contributed by atoms with E-state index in [4.69, 9.17) is 274 Å². The number of aryl methyl sites for hydroxylation is 2. The van der Waals surface area contributed by atoms with E-state index in [1.165, 1.54) is 22.6 Å². The van der Waals surface area contributed by atoms with Crippen molar-refractivity contribution < 1.29 is 269 Å². The Morgan fingerprint density at radius 2 is 0.945 bits per heavy atom. The molecule has 5 N–H and O–H groups in total. The molecule has 23 nitrogen and oxygen atoms in total. The molecule has 0 atom stereocenters. The van der Waals surface area contributed by atoms with E-state index in [0.717, 1.165) is 46.4 Å². The number of esters is 3. The molecule has 0 saturated carbocycles. The molecular weight excluding hydrogens is 2790 g/mol. The number of carbonyl (C=O) groups excluding carboxylic acids is 6. The molecule has 789 valence electrons. The van der Waals surface area contributed by atoms with Crippen LogP contribution in [-0.4, -0.2) is 145 Å². The molecule has 11 rings (SSSR count). The van der Waals surface area contributed by atoms with Gasteiger partial charge in [0.15, 0.2) is 0 Å². The van der Waals surface area contributed by atoms with Gasteiger partial charge in [-0.25, -0.2) is 29.0 Å². The van der Waals surface area contributed by atoms with Crippen LogP contribution in [0, 0.1) is 57.8 Å². The number of halogens is 24. The first-order valence-corrected chi connectivity index (χ1v) is 49.0. The fourth-order valence-electron chi connectivity index (χ4n) is 10.1. The average molecular weight is 2900 g/mol. The second-order valence-corrected chi connectivity index (χ2v) is 36.6. The second kappa shape index (κ2) is 101. The Balaban J connectivity index is -0.000000124. The van der Waals surface area contributed by atoms with E-state index in [2.05, 4.69) is 107 Å². The van der Waals surface area contributed by atoms with Gasteiger partial charge in [0.1, 0.15) is 6.61 Å². The number of rotatable bonds is 15. The number of hydrogen-bond acceptors (Lipinski definition) is 20. The molecule has 0 unspecified atom stereocenters. The van der Waals surface area contributed by atoms with Crippen LogP contribution in [0.25, 0.3) is 0 Å². The number of benzene rings is 8. The summed E-state index contributed by atoms with van der Waals surface area (Å²) in [5.74, 6) is -2.65. The molecule has 9 aromatic rings. The van der Waals surface area contributed by atoms with E-state index in [0.29, 0.717) is 160 Å². The van der Waals surface area contributed by atoms with Crippen LogP contribution in [0.2, 0.25) is 65.3 Å². The zero-order chi connectivity index (χ0) is 111. The fourth-order valence-corrected chi connectivity index (χ4v) is 14.8. The Morgan fingerprint density at radius 1 is 0.600 bits per heavy atom. The molecule has 2 amide bonds. The zero-order valence-electron chi connectivity index (χ0n) is 81.9. The smallest absolute Gasteiger partial charge is 1.00 e. The average Bonchev–Trinajstić information content (AvgIpc) is 0.789. The summed E-state index contributed by atoms with van der Waals surface area (Å²) < 4.78 is 69.9. The maximum atomic E-state index is 11.6. The van der Waals surface area contributed by atoms with Gasteiger partial charge < -0.3 is 68.3 Å². The van der Waals surface area contributed by atoms with E-state index in [1.54, 1.807) is 115 Å². The number of thiol groups is 1. The van der Waals surface area contributed by atoms with Gasteiger partial charge >= 0.3 is 222 Å². The first-order chi connectivity index (χ1) is 66.9. The molecule has 2 aliphatic heterocycles. The van der Waals surface area contributed by atoms with Gasteiger partial charge in [-0.15, -0.1) is 11.6 Å². The monoisotopic (exact) mass is 2880 g/mol. The third-order valence-corrected chi connectivity index (χ3v) is 22.0. The number of aliphatic hydroxyl groups is 1. The quantitative estimate of drug-likeness (QED) is 0.00474. The van der Waals surface area contributed by atoms with Crippen LogP contribution in [0.5, 0.6) is 5.88 Å². The minimum absolute atomic E-state index is 0. The van der Waals surface area contributed by atoms with Crippen molar-refractivity contribution in [3.63, 3.8) is 0 Å². The number of aromatic nitrogens is 1. The van der Waals surface area contributed by atoms with Crippen LogP contribution in [0.15, 0.2) is 130 Å². The number of nitrogens with zero attached hydrogens (tertiary/aromatic N) is 4. The van der Waals surface area contributed by atoms with Crippen molar-refractivity contribution in [1.29, 1.82) is 10.5 Å². The second-order valence-electron chi connectivity index (χ2n) is 24.5. The van der Waals surface area contributed by atoms with Crippen LogP contribution in [-0.2, 0) is 61.0 Å². The predicted octanol–water partition coefficient (Wildman–Crippen LogP) is 23.0. The van der Waals surface area contributed by atoms with E-state index in [9.17, 15) is 46.7 Å². The number of carboxylic acids is 2. The van der Waals surface area contributed by atoms with Crippen molar-refractivity contribution in [3.05, 3.63) is 298 Å². The van der Waals surface area contributed by atoms with Gasteiger partial charge in [0, 0.05) is 81.5 Å². The number of nitrogens with one attached hydrogen (secondary N) is 2. The Hall–Kier alpha value is -0.611. The van der Waals surface area contributed by atoms with Crippen molar-refractivity contribution in [2.75, 3.05) is 65.4 Å². The molecule has 0 bridgehead atoms. The van der Waals surface area contributed by atoms with Crippen molar-refractivity contribution in [2.24, 2.45) is 4.30 Å². The van der Waals surface area contributed by atoms with Gasteiger partial charge in [0.05, 0.1) is 133 Å². The number of alkyl halides is 10. The molecule has 0 fully saturated rings. The molecule has 3 heterocycles. The summed E-state index contributed by atoms with van der Waals surface area (Å²) in [5.41, 5.74) is 10.9. The summed E-state index contributed by atoms with van der Waals surface area (Å²) in [7, 11) is 1.34. The normalized spacial score (nSPS) is 10.0. The minimum Gasteiger partial charge on any atom is -1.00 e. The number of carbonyl (C=O) groups is 8. The summed E-state index contributed by atoms with van der Waals surface area (Å²) in [4.78, 5) is 94.5. The Morgan fingerprint density at radius 3 is 1.31 bits per heavy atom. The topological polar surface area (TPSA) is 363 Å². The Kier molecular flexibility index (Phi) is 113. The first kappa shape index (κ1) is 162. The molecule has 1 radical (unpaired) electrons.